The van der Waals surface area contributed by atoms with E-state index >= 15 is 0 Å². The van der Waals surface area contributed by atoms with Gasteiger partial charge in [-0.3, -0.25) is 0 Å². The highest BCUT2D eigenvalue weighted by Crippen LogP contribution is 2.33. The number of hydrogen-bond acceptors (Lipinski definition) is 3. The molecule has 2 N–H and O–H groups in total. The Kier molecular flexibility index (Phi) is 2.61. The van der Waals surface area contributed by atoms with Crippen molar-refractivity contribution in [2.45, 2.75) is 18.3 Å². The first-order valence-corrected chi connectivity index (χ1v) is 5.12. The molecule has 78 valence electrons. The quantitative estimate of drug-likeness (QED) is 0.707. The van der Waals surface area contributed by atoms with E-state index in [0.717, 1.165) is 25.0 Å². The molecule has 0 spiro atoms. The Hall–Kier alpha value is -1.53. The fraction of sp³-hybridized carbons (Fsp3) is 0.417. The number of nitriles is 1. The number of anilines is 1. The number of nitrogens with two attached hydrogens (primary N) is 1. The number of hydrogen-bond donors (Lipinski definition) is 1. The highest BCUT2D eigenvalue weighted by molar-refractivity contribution is 5.45. The first-order chi connectivity index (χ1) is 7.27. The fourth-order valence-electron chi connectivity index (χ4n) is 2.01. The Bertz CT molecular complexity index is 389. The molecular weight excluding hydrogens is 188 g/mol. The first kappa shape index (κ1) is 10.0. The van der Waals surface area contributed by atoms with Crippen molar-refractivity contribution in [1.82, 2.24) is 0 Å². The van der Waals surface area contributed by atoms with Gasteiger partial charge in [0, 0.05) is 12.3 Å². The zero-order chi connectivity index (χ0) is 10.7. The number of rotatable bonds is 1. The molecular formula is C12H14N2O. The minimum Gasteiger partial charge on any atom is -0.399 e. The van der Waals surface area contributed by atoms with Crippen LogP contribution in [0.15, 0.2) is 24.3 Å². The van der Waals surface area contributed by atoms with E-state index in [1.807, 2.05) is 24.3 Å². The standard InChI is InChI=1S/C12H14N2O/c13-8-12(5-2-6-15-9-12)10-3-1-4-11(14)7-10/h1,3-4,7H,2,5-6,9,14H2. The van der Waals surface area contributed by atoms with E-state index in [1.165, 1.54) is 0 Å². The summed E-state index contributed by atoms with van der Waals surface area (Å²) >= 11 is 0. The molecule has 0 bridgehead atoms. The van der Waals surface area contributed by atoms with Gasteiger partial charge in [-0.15, -0.1) is 0 Å². The van der Waals surface area contributed by atoms with E-state index in [2.05, 4.69) is 6.07 Å². The van der Waals surface area contributed by atoms with Crippen LogP contribution in [0.5, 0.6) is 0 Å². The molecule has 3 nitrogen and oxygen atoms in total. The monoisotopic (exact) mass is 202 g/mol. The molecule has 1 atom stereocenters. The van der Waals surface area contributed by atoms with Crippen LogP contribution in [-0.2, 0) is 10.2 Å². The fourth-order valence-corrected chi connectivity index (χ4v) is 2.01. The van der Waals surface area contributed by atoms with Crippen LogP contribution in [0.2, 0.25) is 0 Å². The second-order valence-corrected chi connectivity index (χ2v) is 3.98. The third kappa shape index (κ3) is 1.81. The average molecular weight is 202 g/mol. The van der Waals surface area contributed by atoms with Gasteiger partial charge in [-0.25, -0.2) is 0 Å². The van der Waals surface area contributed by atoms with Gasteiger partial charge in [0.25, 0.3) is 0 Å². The largest absolute Gasteiger partial charge is 0.399 e. The minimum atomic E-state index is -0.492. The van der Waals surface area contributed by atoms with E-state index < -0.39 is 5.41 Å². The van der Waals surface area contributed by atoms with Gasteiger partial charge >= 0.3 is 0 Å². The zero-order valence-electron chi connectivity index (χ0n) is 8.57. The second kappa shape index (κ2) is 3.92. The van der Waals surface area contributed by atoms with Crippen molar-refractivity contribution in [2.24, 2.45) is 0 Å². The van der Waals surface area contributed by atoms with Crippen LogP contribution in [0.1, 0.15) is 18.4 Å². The molecule has 1 aliphatic heterocycles. The summed E-state index contributed by atoms with van der Waals surface area (Å²) in [6.45, 7) is 1.23. The molecule has 1 fully saturated rings. The number of nitrogens with zero attached hydrogens (tertiary/aromatic N) is 1. The summed E-state index contributed by atoms with van der Waals surface area (Å²) in [5.74, 6) is 0. The lowest BCUT2D eigenvalue weighted by atomic mass is 9.77. The second-order valence-electron chi connectivity index (χ2n) is 3.98. The van der Waals surface area contributed by atoms with Gasteiger partial charge in [-0.05, 0) is 30.5 Å². The Morgan fingerprint density at radius 3 is 2.93 bits per heavy atom. The molecule has 0 amide bonds. The molecule has 1 aromatic rings. The lowest BCUT2D eigenvalue weighted by Gasteiger charge is -2.31. The van der Waals surface area contributed by atoms with Crippen molar-refractivity contribution in [3.05, 3.63) is 29.8 Å². The van der Waals surface area contributed by atoms with E-state index in [-0.39, 0.29) is 0 Å². The molecule has 3 heteroatoms. The van der Waals surface area contributed by atoms with Crippen molar-refractivity contribution in [3.63, 3.8) is 0 Å². The SMILES string of the molecule is N#CC1(c2cccc(N)c2)CCCOC1. The highest BCUT2D eigenvalue weighted by Gasteiger charge is 2.34. The maximum atomic E-state index is 9.32. The van der Waals surface area contributed by atoms with Crippen LogP contribution in [0.3, 0.4) is 0 Å². The Balaban J connectivity index is 2.37. The molecule has 15 heavy (non-hydrogen) atoms. The Morgan fingerprint density at radius 2 is 2.33 bits per heavy atom. The smallest absolute Gasteiger partial charge is 0.106 e. The minimum absolute atomic E-state index is 0.479. The summed E-state index contributed by atoms with van der Waals surface area (Å²) in [5, 5.41) is 9.32. The third-order valence-corrected chi connectivity index (χ3v) is 2.89. The van der Waals surface area contributed by atoms with E-state index in [1.54, 1.807) is 0 Å². The molecule has 0 radical (unpaired) electrons. The van der Waals surface area contributed by atoms with E-state index in [0.29, 0.717) is 12.3 Å². The summed E-state index contributed by atoms with van der Waals surface area (Å²) < 4.78 is 5.41. The topological polar surface area (TPSA) is 59.0 Å². The summed E-state index contributed by atoms with van der Waals surface area (Å²) in [6.07, 6.45) is 1.79. The van der Waals surface area contributed by atoms with Crippen molar-refractivity contribution in [3.8, 4) is 6.07 Å². The normalized spacial score (nSPS) is 25.8. The van der Waals surface area contributed by atoms with E-state index in [9.17, 15) is 5.26 Å². The third-order valence-electron chi connectivity index (χ3n) is 2.89. The number of nitrogen functional groups attached to an aromatic ring is 1. The molecule has 1 unspecified atom stereocenters. The maximum Gasteiger partial charge on any atom is 0.106 e. The van der Waals surface area contributed by atoms with Gasteiger partial charge in [0.05, 0.1) is 12.7 Å². The summed E-state index contributed by atoms with van der Waals surface area (Å²) in [6, 6.07) is 9.92. The predicted octanol–water partition coefficient (Wildman–Crippen LogP) is 1.84. The average Bonchev–Trinajstić information content (AvgIpc) is 2.30. The predicted molar refractivity (Wildman–Crippen MR) is 58.2 cm³/mol. The molecule has 0 saturated carbocycles. The molecule has 0 aromatic heterocycles. The van der Waals surface area contributed by atoms with Crippen LogP contribution in [0.25, 0.3) is 0 Å². The Labute approximate surface area is 89.5 Å². The molecule has 1 saturated heterocycles. The highest BCUT2D eigenvalue weighted by atomic mass is 16.5. The first-order valence-electron chi connectivity index (χ1n) is 5.12. The number of ether oxygens (including phenoxy) is 1. The number of benzene rings is 1. The van der Waals surface area contributed by atoms with Gasteiger partial charge < -0.3 is 10.5 Å². The van der Waals surface area contributed by atoms with Crippen molar-refractivity contribution >= 4 is 5.69 Å². The lowest BCUT2D eigenvalue weighted by molar-refractivity contribution is 0.0563. The van der Waals surface area contributed by atoms with Crippen LogP contribution in [-0.4, -0.2) is 13.2 Å². The van der Waals surface area contributed by atoms with Gasteiger partial charge in [0.15, 0.2) is 0 Å². The van der Waals surface area contributed by atoms with Crippen LogP contribution >= 0.6 is 0 Å². The van der Waals surface area contributed by atoms with Gasteiger partial charge in [-0.1, -0.05) is 12.1 Å². The molecule has 1 aromatic carbocycles. The summed E-state index contributed by atoms with van der Waals surface area (Å²) in [4.78, 5) is 0. The van der Waals surface area contributed by atoms with E-state index in [4.69, 9.17) is 10.5 Å². The van der Waals surface area contributed by atoms with Gasteiger partial charge in [-0.2, -0.15) is 5.26 Å². The maximum absolute atomic E-state index is 9.32. The van der Waals surface area contributed by atoms with Crippen LogP contribution in [0.4, 0.5) is 5.69 Å². The van der Waals surface area contributed by atoms with Crippen molar-refractivity contribution in [2.75, 3.05) is 18.9 Å². The Morgan fingerprint density at radius 1 is 1.47 bits per heavy atom. The van der Waals surface area contributed by atoms with Crippen LogP contribution < -0.4 is 5.73 Å². The lowest BCUT2D eigenvalue weighted by Crippen LogP contribution is -2.34. The zero-order valence-corrected chi connectivity index (χ0v) is 8.57. The van der Waals surface area contributed by atoms with Gasteiger partial charge in [0.2, 0.25) is 0 Å². The molecule has 0 aliphatic carbocycles. The van der Waals surface area contributed by atoms with Crippen molar-refractivity contribution in [1.29, 1.82) is 5.26 Å². The van der Waals surface area contributed by atoms with Gasteiger partial charge in [0.1, 0.15) is 5.41 Å². The molecule has 1 heterocycles. The molecule has 1 aliphatic rings. The molecule has 2 rings (SSSR count). The summed E-state index contributed by atoms with van der Waals surface area (Å²) in [7, 11) is 0. The van der Waals surface area contributed by atoms with Crippen molar-refractivity contribution < 1.29 is 4.74 Å². The summed E-state index contributed by atoms with van der Waals surface area (Å²) in [5.41, 5.74) is 6.91. The van der Waals surface area contributed by atoms with Crippen LogP contribution in [0, 0.1) is 11.3 Å².